The highest BCUT2D eigenvalue weighted by Gasteiger charge is 2.17. The Morgan fingerprint density at radius 3 is 2.65 bits per heavy atom. The van der Waals surface area contributed by atoms with Crippen LogP contribution in [0, 0.1) is 5.82 Å². The Morgan fingerprint density at radius 1 is 0.871 bits per heavy atom. The minimum absolute atomic E-state index is 0.298. The van der Waals surface area contributed by atoms with Gasteiger partial charge in [0.1, 0.15) is 17.0 Å². The van der Waals surface area contributed by atoms with Crippen LogP contribution in [0.25, 0.3) is 56.0 Å². The van der Waals surface area contributed by atoms with Crippen LogP contribution in [0.3, 0.4) is 0 Å². The van der Waals surface area contributed by atoms with Gasteiger partial charge in [0.05, 0.1) is 17.4 Å². The van der Waals surface area contributed by atoms with Gasteiger partial charge in [-0.1, -0.05) is 12.1 Å². The zero-order valence-electron chi connectivity index (χ0n) is 16.0. The van der Waals surface area contributed by atoms with E-state index in [0.717, 1.165) is 33.3 Å². The minimum atomic E-state index is -0.298. The maximum Gasteiger partial charge on any atom is 0.160 e. The van der Waals surface area contributed by atoms with Gasteiger partial charge in [0.25, 0.3) is 0 Å². The largest absolute Gasteiger partial charge is 0.321 e. The molecule has 31 heavy (non-hydrogen) atoms. The first kappa shape index (κ1) is 17.4. The summed E-state index contributed by atoms with van der Waals surface area (Å²) in [5.74, 6) is 0.275. The number of nitrogens with one attached hydrogen (secondary N) is 2. The van der Waals surface area contributed by atoms with Gasteiger partial charge < -0.3 is 4.98 Å². The van der Waals surface area contributed by atoms with E-state index in [1.165, 1.54) is 12.1 Å². The number of aromatic nitrogens is 7. The average molecular weight is 407 g/mol. The highest BCUT2D eigenvalue weighted by Crippen LogP contribution is 2.31. The SMILES string of the molecule is Fc1cccc(-c2ccnc3[nH]c(-c4n[nH]c5cnc(-c6ccncc6)cc45)nc23)c1. The summed E-state index contributed by atoms with van der Waals surface area (Å²) in [7, 11) is 0. The zero-order chi connectivity index (χ0) is 20.8. The third kappa shape index (κ3) is 2.93. The predicted molar refractivity (Wildman–Crippen MR) is 115 cm³/mol. The molecule has 0 radical (unpaired) electrons. The Balaban J connectivity index is 1.52. The first-order valence-electron chi connectivity index (χ1n) is 9.62. The molecule has 0 fully saturated rings. The van der Waals surface area contributed by atoms with E-state index in [0.29, 0.717) is 22.7 Å². The number of halogens is 1. The van der Waals surface area contributed by atoms with Crippen LogP contribution in [0.1, 0.15) is 0 Å². The van der Waals surface area contributed by atoms with Crippen molar-refractivity contribution >= 4 is 22.1 Å². The Labute approximate surface area is 175 Å². The lowest BCUT2D eigenvalue weighted by molar-refractivity contribution is 0.628. The third-order valence-electron chi connectivity index (χ3n) is 5.17. The smallest absolute Gasteiger partial charge is 0.160 e. The number of hydrogen-bond donors (Lipinski definition) is 2. The van der Waals surface area contributed by atoms with Crippen LogP contribution in [0.4, 0.5) is 4.39 Å². The standard InChI is InChI=1S/C23H14FN7/c24-15-3-1-2-14(10-15)16-6-9-26-22-20(16)28-23(29-22)21-17-11-18(13-4-7-25-8-5-13)27-12-19(17)30-31-21/h1-12H,(H,30,31)(H,26,28,29). The summed E-state index contributed by atoms with van der Waals surface area (Å²) in [6, 6.07) is 14.0. The number of rotatable bonds is 3. The molecule has 7 nitrogen and oxygen atoms in total. The Morgan fingerprint density at radius 2 is 1.77 bits per heavy atom. The van der Waals surface area contributed by atoms with E-state index in [-0.39, 0.29) is 5.82 Å². The lowest BCUT2D eigenvalue weighted by atomic mass is 10.1. The van der Waals surface area contributed by atoms with Gasteiger partial charge in [-0.15, -0.1) is 0 Å². The van der Waals surface area contributed by atoms with Crippen molar-refractivity contribution in [1.82, 2.24) is 35.1 Å². The Kier molecular flexibility index (Phi) is 3.82. The average Bonchev–Trinajstić information content (AvgIpc) is 3.43. The predicted octanol–water partition coefficient (Wildman–Crippen LogP) is 4.76. The molecule has 0 aliphatic heterocycles. The van der Waals surface area contributed by atoms with E-state index in [1.807, 2.05) is 30.3 Å². The van der Waals surface area contributed by atoms with E-state index < -0.39 is 0 Å². The number of aromatic amines is 2. The van der Waals surface area contributed by atoms with Crippen LogP contribution in [0.2, 0.25) is 0 Å². The van der Waals surface area contributed by atoms with Gasteiger partial charge in [-0.2, -0.15) is 5.10 Å². The van der Waals surface area contributed by atoms with Gasteiger partial charge in [-0.05, 0) is 42.0 Å². The molecule has 0 amide bonds. The molecule has 2 N–H and O–H groups in total. The molecule has 5 aromatic heterocycles. The number of nitrogens with zero attached hydrogens (tertiary/aromatic N) is 5. The molecule has 6 aromatic rings. The first-order chi connectivity index (χ1) is 15.3. The molecule has 0 aliphatic rings. The second kappa shape index (κ2) is 6.81. The maximum absolute atomic E-state index is 13.8. The molecular formula is C23H14FN7. The van der Waals surface area contributed by atoms with Gasteiger partial charge >= 0.3 is 0 Å². The van der Waals surface area contributed by atoms with Crippen molar-refractivity contribution in [1.29, 1.82) is 0 Å². The summed E-state index contributed by atoms with van der Waals surface area (Å²) < 4.78 is 13.8. The Hall–Kier alpha value is -4.46. The molecule has 148 valence electrons. The lowest BCUT2D eigenvalue weighted by Gasteiger charge is -2.02. The molecule has 6 rings (SSSR count). The number of imidazole rings is 1. The third-order valence-corrected chi connectivity index (χ3v) is 5.17. The molecule has 1 aromatic carbocycles. The summed E-state index contributed by atoms with van der Waals surface area (Å²) in [6.07, 6.45) is 6.89. The summed E-state index contributed by atoms with van der Waals surface area (Å²) >= 11 is 0. The molecule has 0 saturated heterocycles. The van der Waals surface area contributed by atoms with Gasteiger partial charge in [0.15, 0.2) is 11.5 Å². The fraction of sp³-hybridized carbons (Fsp3) is 0. The second-order valence-corrected chi connectivity index (χ2v) is 7.07. The molecule has 0 aliphatic carbocycles. The monoisotopic (exact) mass is 407 g/mol. The first-order valence-corrected chi connectivity index (χ1v) is 9.62. The zero-order valence-corrected chi connectivity index (χ0v) is 16.0. The van der Waals surface area contributed by atoms with E-state index >= 15 is 0 Å². The Bertz CT molecular complexity index is 1550. The van der Waals surface area contributed by atoms with E-state index in [9.17, 15) is 4.39 Å². The van der Waals surface area contributed by atoms with Crippen LogP contribution in [-0.4, -0.2) is 35.1 Å². The topological polar surface area (TPSA) is 96.0 Å². The number of hydrogen-bond acceptors (Lipinski definition) is 5. The van der Waals surface area contributed by atoms with Gasteiger partial charge in [-0.3, -0.25) is 15.1 Å². The molecule has 0 unspecified atom stereocenters. The fourth-order valence-corrected chi connectivity index (χ4v) is 3.69. The minimum Gasteiger partial charge on any atom is -0.321 e. The van der Waals surface area contributed by atoms with Gasteiger partial charge in [-0.25, -0.2) is 14.4 Å². The number of benzene rings is 1. The molecule has 0 atom stereocenters. The van der Waals surface area contributed by atoms with Crippen molar-refractivity contribution in [3.05, 3.63) is 79.1 Å². The quantitative estimate of drug-likeness (QED) is 0.441. The second-order valence-electron chi connectivity index (χ2n) is 7.07. The summed E-state index contributed by atoms with van der Waals surface area (Å²) in [4.78, 5) is 21.0. The van der Waals surface area contributed by atoms with Gasteiger partial charge in [0, 0.05) is 35.1 Å². The van der Waals surface area contributed by atoms with Crippen LogP contribution in [0.15, 0.2) is 73.3 Å². The molecule has 8 heteroatoms. The number of pyridine rings is 3. The van der Waals surface area contributed by atoms with E-state index in [1.54, 1.807) is 30.9 Å². The van der Waals surface area contributed by atoms with Crippen molar-refractivity contribution in [2.75, 3.05) is 0 Å². The lowest BCUT2D eigenvalue weighted by Crippen LogP contribution is -1.85. The van der Waals surface area contributed by atoms with E-state index in [2.05, 4.69) is 30.1 Å². The molecular weight excluding hydrogens is 393 g/mol. The fourth-order valence-electron chi connectivity index (χ4n) is 3.69. The molecule has 0 spiro atoms. The van der Waals surface area contributed by atoms with Crippen molar-refractivity contribution in [2.24, 2.45) is 0 Å². The summed E-state index contributed by atoms with van der Waals surface area (Å²) in [5, 5.41) is 8.34. The summed E-state index contributed by atoms with van der Waals surface area (Å²) in [6.45, 7) is 0. The molecule has 0 saturated carbocycles. The normalized spacial score (nSPS) is 11.4. The summed E-state index contributed by atoms with van der Waals surface area (Å²) in [5.41, 5.74) is 6.03. The highest BCUT2D eigenvalue weighted by molar-refractivity contribution is 5.96. The van der Waals surface area contributed by atoms with E-state index in [4.69, 9.17) is 4.98 Å². The number of H-pyrrole nitrogens is 2. The van der Waals surface area contributed by atoms with Crippen LogP contribution in [-0.2, 0) is 0 Å². The van der Waals surface area contributed by atoms with Crippen LogP contribution in [0.5, 0.6) is 0 Å². The van der Waals surface area contributed by atoms with Crippen LogP contribution < -0.4 is 0 Å². The maximum atomic E-state index is 13.8. The van der Waals surface area contributed by atoms with Crippen molar-refractivity contribution < 1.29 is 4.39 Å². The molecule has 5 heterocycles. The molecule has 0 bridgehead atoms. The van der Waals surface area contributed by atoms with Crippen molar-refractivity contribution in [3.8, 4) is 33.9 Å². The highest BCUT2D eigenvalue weighted by atomic mass is 19.1. The van der Waals surface area contributed by atoms with Crippen LogP contribution >= 0.6 is 0 Å². The number of fused-ring (bicyclic) bond motifs is 2. The van der Waals surface area contributed by atoms with Crippen molar-refractivity contribution in [2.45, 2.75) is 0 Å². The van der Waals surface area contributed by atoms with Gasteiger partial charge in [0.2, 0.25) is 0 Å². The van der Waals surface area contributed by atoms with Crippen molar-refractivity contribution in [3.63, 3.8) is 0 Å².